The van der Waals surface area contributed by atoms with Gasteiger partial charge >= 0.3 is 0 Å². The zero-order chi connectivity index (χ0) is 12.1. The highest BCUT2D eigenvalue weighted by atomic mass is 16.6. The highest BCUT2D eigenvalue weighted by Gasteiger charge is 2.26. The third kappa shape index (κ3) is 5.04. The number of para-hydroxylation sites is 2. The third-order valence-electron chi connectivity index (χ3n) is 2.35. The van der Waals surface area contributed by atoms with E-state index in [1.54, 1.807) is 24.3 Å². The number of phenols is 1. The average Bonchev–Trinajstić information content (AvgIpc) is 3.16. The Hall–Kier alpha value is -1.30. The van der Waals surface area contributed by atoms with E-state index in [9.17, 15) is 0 Å². The maximum absolute atomic E-state index is 8.79. The number of benzene rings is 1. The Kier molecular flexibility index (Phi) is 4.19. The molecule has 3 N–H and O–H groups in total. The lowest BCUT2D eigenvalue weighted by Gasteiger charge is -1.95. The van der Waals surface area contributed by atoms with E-state index in [-0.39, 0.29) is 5.75 Å². The van der Waals surface area contributed by atoms with Crippen LogP contribution in [0.1, 0.15) is 0 Å². The maximum Gasteiger partial charge on any atom is 0.138 e. The summed E-state index contributed by atoms with van der Waals surface area (Å²) in [6.45, 7) is 3.26. The molecule has 0 aliphatic carbocycles. The van der Waals surface area contributed by atoms with Crippen LogP contribution in [-0.4, -0.2) is 43.7 Å². The summed E-state index contributed by atoms with van der Waals surface area (Å²) in [7, 11) is 0. The van der Waals surface area contributed by atoms with Crippen molar-refractivity contribution in [3.63, 3.8) is 0 Å². The summed E-state index contributed by atoms with van der Waals surface area (Å²) in [5.41, 5.74) is 5.69. The van der Waals surface area contributed by atoms with Gasteiger partial charge in [0.2, 0.25) is 0 Å². The Labute approximate surface area is 100 Å². The van der Waals surface area contributed by atoms with Gasteiger partial charge in [-0.05, 0) is 12.1 Å². The van der Waals surface area contributed by atoms with Gasteiger partial charge in [0.25, 0.3) is 0 Å². The minimum absolute atomic E-state index is 0.146. The molecule has 1 aromatic carbocycles. The van der Waals surface area contributed by atoms with Crippen molar-refractivity contribution in [3.8, 4) is 5.75 Å². The van der Waals surface area contributed by atoms with E-state index in [0.717, 1.165) is 26.4 Å². The number of aromatic hydroxyl groups is 1. The molecule has 5 nitrogen and oxygen atoms in total. The van der Waals surface area contributed by atoms with Crippen molar-refractivity contribution in [2.45, 2.75) is 12.2 Å². The fourth-order valence-corrected chi connectivity index (χ4v) is 1.15. The van der Waals surface area contributed by atoms with E-state index >= 15 is 0 Å². The molecule has 5 heteroatoms. The van der Waals surface area contributed by atoms with Crippen molar-refractivity contribution in [2.24, 2.45) is 0 Å². The molecule has 2 unspecified atom stereocenters. The molecule has 3 rings (SSSR count). The molecule has 94 valence electrons. The predicted octanol–water partition coefficient (Wildman–Crippen LogP) is 0.775. The lowest BCUT2D eigenvalue weighted by Crippen LogP contribution is -2.06. The second kappa shape index (κ2) is 5.86. The van der Waals surface area contributed by atoms with Crippen LogP contribution in [0.25, 0.3) is 0 Å². The molecule has 0 bridgehead atoms. The van der Waals surface area contributed by atoms with Crippen LogP contribution in [0, 0.1) is 0 Å². The van der Waals surface area contributed by atoms with Gasteiger partial charge in [-0.1, -0.05) is 12.1 Å². The first-order valence-corrected chi connectivity index (χ1v) is 5.60. The van der Waals surface area contributed by atoms with Crippen molar-refractivity contribution in [1.29, 1.82) is 0 Å². The van der Waals surface area contributed by atoms with Crippen LogP contribution < -0.4 is 5.73 Å². The van der Waals surface area contributed by atoms with E-state index in [1.165, 1.54) is 0 Å². The van der Waals surface area contributed by atoms with Crippen molar-refractivity contribution in [3.05, 3.63) is 24.3 Å². The van der Waals surface area contributed by atoms with E-state index < -0.39 is 0 Å². The minimum Gasteiger partial charge on any atom is -0.506 e. The smallest absolute Gasteiger partial charge is 0.138 e. The van der Waals surface area contributed by atoms with Crippen molar-refractivity contribution >= 4 is 5.69 Å². The molecule has 0 spiro atoms. The van der Waals surface area contributed by atoms with E-state index in [2.05, 4.69) is 0 Å². The van der Waals surface area contributed by atoms with Gasteiger partial charge in [-0.15, -0.1) is 0 Å². The molecule has 1 aromatic rings. The van der Waals surface area contributed by atoms with Gasteiger partial charge in [0.05, 0.1) is 32.1 Å². The number of phenolic OH excluding ortho intramolecular Hbond substituents is 1. The second-order valence-electron chi connectivity index (χ2n) is 4.01. The molecule has 0 saturated carbocycles. The van der Waals surface area contributed by atoms with Gasteiger partial charge < -0.3 is 25.1 Å². The molecule has 2 aliphatic heterocycles. The second-order valence-corrected chi connectivity index (χ2v) is 4.01. The number of hydrogen-bond donors (Lipinski definition) is 2. The van der Waals surface area contributed by atoms with Crippen LogP contribution in [0.3, 0.4) is 0 Å². The summed E-state index contributed by atoms with van der Waals surface area (Å²) >= 11 is 0. The first-order valence-electron chi connectivity index (χ1n) is 5.60. The molecular weight excluding hydrogens is 222 g/mol. The van der Waals surface area contributed by atoms with Gasteiger partial charge in [-0.3, -0.25) is 0 Å². The highest BCUT2D eigenvalue weighted by Crippen LogP contribution is 2.16. The number of nitrogen functional groups attached to an aromatic ring is 1. The Bertz CT molecular complexity index is 317. The molecule has 0 amide bonds. The molecule has 2 heterocycles. The van der Waals surface area contributed by atoms with Gasteiger partial charge in [0.1, 0.15) is 18.0 Å². The number of rotatable bonds is 4. The van der Waals surface area contributed by atoms with E-state index in [0.29, 0.717) is 17.9 Å². The first kappa shape index (κ1) is 12.2. The van der Waals surface area contributed by atoms with Crippen LogP contribution in [0.5, 0.6) is 5.75 Å². The zero-order valence-electron chi connectivity index (χ0n) is 9.54. The number of nitrogens with two attached hydrogens (primary N) is 1. The lowest BCUT2D eigenvalue weighted by molar-refractivity contribution is 0.102. The van der Waals surface area contributed by atoms with Gasteiger partial charge in [-0.2, -0.15) is 0 Å². The van der Waals surface area contributed by atoms with Crippen LogP contribution in [0.2, 0.25) is 0 Å². The quantitative estimate of drug-likeness (QED) is 0.461. The fourth-order valence-electron chi connectivity index (χ4n) is 1.15. The Morgan fingerprint density at radius 2 is 1.71 bits per heavy atom. The number of ether oxygens (including phenoxy) is 3. The summed E-state index contributed by atoms with van der Waals surface area (Å²) in [6, 6.07) is 6.70. The molecular formula is C12H17NO4. The summed E-state index contributed by atoms with van der Waals surface area (Å²) in [4.78, 5) is 0. The van der Waals surface area contributed by atoms with Crippen molar-refractivity contribution in [1.82, 2.24) is 0 Å². The molecule has 2 atom stereocenters. The SMILES string of the molecule is C(OCC1CO1)C1CO1.Nc1ccccc1O. The van der Waals surface area contributed by atoms with Crippen molar-refractivity contribution in [2.75, 3.05) is 32.2 Å². The summed E-state index contributed by atoms with van der Waals surface area (Å²) in [5, 5.41) is 8.79. The Balaban J connectivity index is 0.000000128. The fraction of sp³-hybridized carbons (Fsp3) is 0.500. The predicted molar refractivity (Wildman–Crippen MR) is 62.8 cm³/mol. The van der Waals surface area contributed by atoms with Crippen molar-refractivity contribution < 1.29 is 19.3 Å². The maximum atomic E-state index is 8.79. The normalized spacial score (nSPS) is 24.7. The lowest BCUT2D eigenvalue weighted by atomic mass is 10.3. The van der Waals surface area contributed by atoms with Crippen LogP contribution in [0.4, 0.5) is 5.69 Å². The number of epoxide rings is 2. The molecule has 2 fully saturated rings. The summed E-state index contributed by atoms with van der Waals surface area (Å²) < 4.78 is 15.1. The minimum atomic E-state index is 0.146. The first-order chi connectivity index (χ1) is 8.25. The van der Waals surface area contributed by atoms with Crippen LogP contribution >= 0.6 is 0 Å². The summed E-state index contributed by atoms with van der Waals surface area (Å²) in [5.74, 6) is 0.146. The zero-order valence-corrected chi connectivity index (χ0v) is 9.54. The Morgan fingerprint density at radius 3 is 2.06 bits per heavy atom. The Morgan fingerprint density at radius 1 is 1.18 bits per heavy atom. The molecule has 2 aliphatic rings. The number of hydrogen-bond acceptors (Lipinski definition) is 5. The number of anilines is 1. The van der Waals surface area contributed by atoms with E-state index in [4.69, 9.17) is 25.1 Å². The molecule has 0 aromatic heterocycles. The molecule has 2 saturated heterocycles. The molecule has 0 radical (unpaired) electrons. The monoisotopic (exact) mass is 239 g/mol. The van der Waals surface area contributed by atoms with Crippen LogP contribution in [-0.2, 0) is 14.2 Å². The highest BCUT2D eigenvalue weighted by molar-refractivity contribution is 5.50. The van der Waals surface area contributed by atoms with Gasteiger partial charge in [-0.25, -0.2) is 0 Å². The average molecular weight is 239 g/mol. The molecule has 17 heavy (non-hydrogen) atoms. The van der Waals surface area contributed by atoms with Gasteiger partial charge in [0, 0.05) is 0 Å². The largest absolute Gasteiger partial charge is 0.506 e. The summed E-state index contributed by atoms with van der Waals surface area (Å²) in [6.07, 6.45) is 0.785. The standard InChI is InChI=1S/C6H7NO.C6H10O3/c7-5-3-1-2-4-6(5)8;1(5-3-8-5)7-2-6-4-9-6/h1-4,8H,7H2;5-6H,1-4H2. The third-order valence-corrected chi connectivity index (χ3v) is 2.35. The topological polar surface area (TPSA) is 80.5 Å². The van der Waals surface area contributed by atoms with Crippen LogP contribution in [0.15, 0.2) is 24.3 Å². The van der Waals surface area contributed by atoms with E-state index in [1.807, 2.05) is 0 Å². The van der Waals surface area contributed by atoms with Gasteiger partial charge in [0.15, 0.2) is 0 Å².